The number of aromatic nitrogens is 2. The Kier molecular flexibility index (Phi) is 5.12. The van der Waals surface area contributed by atoms with Crippen molar-refractivity contribution in [2.24, 2.45) is 7.05 Å². The molecule has 1 aromatic heterocycles. The van der Waals surface area contributed by atoms with Crippen LogP contribution in [0.15, 0.2) is 12.4 Å². The second-order valence-corrected chi connectivity index (χ2v) is 3.61. The molecule has 0 fully saturated rings. The molecule has 0 spiro atoms. The number of ether oxygens (including phenoxy) is 1. The van der Waals surface area contributed by atoms with Gasteiger partial charge >= 0.3 is 12.0 Å². The molecule has 1 unspecified atom stereocenters. The van der Waals surface area contributed by atoms with Crippen LogP contribution >= 0.6 is 0 Å². The van der Waals surface area contributed by atoms with E-state index in [-0.39, 0.29) is 0 Å². The quantitative estimate of drug-likeness (QED) is 0.594. The number of carbonyl (C=O) groups is 2. The first-order valence-electron chi connectivity index (χ1n) is 5.29. The standard InChI is InChI=1S/C10H16N4O4/c1-14-6-7(5-12-14)8(9(15)16)13-10(17)11-3-4-18-2/h5-6,8H,3-4H2,1-2H3,(H,15,16)(H2,11,13,17). The molecule has 8 heteroatoms. The summed E-state index contributed by atoms with van der Waals surface area (Å²) in [5.74, 6) is -1.15. The normalized spacial score (nSPS) is 11.9. The van der Waals surface area contributed by atoms with E-state index in [2.05, 4.69) is 15.7 Å². The highest BCUT2D eigenvalue weighted by Crippen LogP contribution is 2.11. The van der Waals surface area contributed by atoms with Crippen LogP contribution in [-0.2, 0) is 16.6 Å². The van der Waals surface area contributed by atoms with Crippen molar-refractivity contribution in [3.63, 3.8) is 0 Å². The van der Waals surface area contributed by atoms with Crippen LogP contribution in [0.25, 0.3) is 0 Å². The molecule has 0 aromatic carbocycles. The summed E-state index contributed by atoms with van der Waals surface area (Å²) in [4.78, 5) is 22.5. The highest BCUT2D eigenvalue weighted by molar-refractivity contribution is 5.83. The van der Waals surface area contributed by atoms with E-state index < -0.39 is 18.0 Å². The number of aliphatic carboxylic acids is 1. The molecule has 3 N–H and O–H groups in total. The van der Waals surface area contributed by atoms with Crippen LogP contribution in [-0.4, -0.2) is 47.1 Å². The zero-order valence-corrected chi connectivity index (χ0v) is 10.2. The predicted molar refractivity (Wildman–Crippen MR) is 62.0 cm³/mol. The molecule has 0 aliphatic rings. The molecule has 0 aliphatic carbocycles. The zero-order valence-electron chi connectivity index (χ0n) is 10.2. The van der Waals surface area contributed by atoms with Gasteiger partial charge < -0.3 is 20.5 Å². The third-order valence-corrected chi connectivity index (χ3v) is 2.17. The topological polar surface area (TPSA) is 105 Å². The van der Waals surface area contributed by atoms with Gasteiger partial charge in [0.15, 0.2) is 6.04 Å². The Hall–Kier alpha value is -2.09. The number of carboxylic acid groups (broad SMARTS) is 1. The van der Waals surface area contributed by atoms with Gasteiger partial charge in [0.1, 0.15) is 0 Å². The number of amides is 2. The fourth-order valence-corrected chi connectivity index (χ4v) is 1.33. The third-order valence-electron chi connectivity index (χ3n) is 2.17. The summed E-state index contributed by atoms with van der Waals surface area (Å²) in [6.45, 7) is 0.666. The fourth-order valence-electron chi connectivity index (χ4n) is 1.33. The molecule has 8 nitrogen and oxygen atoms in total. The summed E-state index contributed by atoms with van der Waals surface area (Å²) < 4.78 is 6.23. The minimum absolute atomic E-state index is 0.307. The van der Waals surface area contributed by atoms with Crippen LogP contribution < -0.4 is 10.6 Å². The van der Waals surface area contributed by atoms with Crippen molar-refractivity contribution in [1.29, 1.82) is 0 Å². The van der Waals surface area contributed by atoms with Gasteiger partial charge in [-0.2, -0.15) is 5.10 Å². The Balaban J connectivity index is 2.59. The van der Waals surface area contributed by atoms with Crippen LogP contribution in [0.5, 0.6) is 0 Å². The summed E-state index contributed by atoms with van der Waals surface area (Å²) in [6, 6.07) is -1.69. The Morgan fingerprint density at radius 3 is 2.83 bits per heavy atom. The summed E-state index contributed by atoms with van der Waals surface area (Å²) in [5.41, 5.74) is 0.409. The van der Waals surface area contributed by atoms with E-state index in [0.717, 1.165) is 0 Å². The second kappa shape index (κ2) is 6.60. The third kappa shape index (κ3) is 4.06. The van der Waals surface area contributed by atoms with Gasteiger partial charge in [0, 0.05) is 32.5 Å². The number of carbonyl (C=O) groups excluding carboxylic acids is 1. The predicted octanol–water partition coefficient (Wildman–Crippen LogP) is -0.509. The number of nitrogens with zero attached hydrogens (tertiary/aromatic N) is 2. The number of hydrogen-bond donors (Lipinski definition) is 3. The summed E-state index contributed by atoms with van der Waals surface area (Å²) >= 11 is 0. The molecule has 1 rings (SSSR count). The van der Waals surface area contributed by atoms with Crippen molar-refractivity contribution < 1.29 is 19.4 Å². The number of methoxy groups -OCH3 is 1. The molecule has 0 radical (unpaired) electrons. The minimum Gasteiger partial charge on any atom is -0.479 e. The van der Waals surface area contributed by atoms with Gasteiger partial charge in [-0.3, -0.25) is 4.68 Å². The summed E-state index contributed by atoms with van der Waals surface area (Å²) in [5, 5.41) is 17.7. The smallest absolute Gasteiger partial charge is 0.331 e. The van der Waals surface area contributed by atoms with E-state index >= 15 is 0 Å². The van der Waals surface area contributed by atoms with Gasteiger partial charge in [-0.05, 0) is 0 Å². The first-order valence-corrected chi connectivity index (χ1v) is 5.29. The maximum atomic E-state index is 11.4. The van der Waals surface area contributed by atoms with E-state index in [0.29, 0.717) is 18.7 Å². The largest absolute Gasteiger partial charge is 0.479 e. The summed E-state index contributed by atoms with van der Waals surface area (Å²) in [7, 11) is 3.18. The van der Waals surface area contributed by atoms with Gasteiger partial charge in [-0.15, -0.1) is 0 Å². The van der Waals surface area contributed by atoms with Crippen LogP contribution in [0.3, 0.4) is 0 Å². The van der Waals surface area contributed by atoms with Gasteiger partial charge in [-0.1, -0.05) is 0 Å². The van der Waals surface area contributed by atoms with Crippen molar-refractivity contribution >= 4 is 12.0 Å². The first kappa shape index (κ1) is 14.0. The Bertz CT molecular complexity index is 418. The van der Waals surface area contributed by atoms with Crippen LogP contribution in [0, 0.1) is 0 Å². The van der Waals surface area contributed by atoms with Crippen molar-refractivity contribution in [3.05, 3.63) is 18.0 Å². The Labute approximate surface area is 104 Å². The average molecular weight is 256 g/mol. The highest BCUT2D eigenvalue weighted by atomic mass is 16.5. The lowest BCUT2D eigenvalue weighted by Gasteiger charge is -2.13. The van der Waals surface area contributed by atoms with Gasteiger partial charge in [0.25, 0.3) is 0 Å². The average Bonchev–Trinajstić information content (AvgIpc) is 2.72. The lowest BCUT2D eigenvalue weighted by molar-refractivity contribution is -0.139. The SMILES string of the molecule is COCCNC(=O)NC(C(=O)O)c1cnn(C)c1. The molecule has 0 saturated carbocycles. The van der Waals surface area contributed by atoms with E-state index in [4.69, 9.17) is 9.84 Å². The number of urea groups is 1. The molecular formula is C10H16N4O4. The lowest BCUT2D eigenvalue weighted by atomic mass is 10.1. The highest BCUT2D eigenvalue weighted by Gasteiger charge is 2.23. The second-order valence-electron chi connectivity index (χ2n) is 3.61. The number of hydrogen-bond acceptors (Lipinski definition) is 4. The maximum absolute atomic E-state index is 11.4. The van der Waals surface area contributed by atoms with Gasteiger partial charge in [0.05, 0.1) is 12.8 Å². The van der Waals surface area contributed by atoms with Crippen molar-refractivity contribution in [2.75, 3.05) is 20.3 Å². The van der Waals surface area contributed by atoms with Crippen LogP contribution in [0.4, 0.5) is 4.79 Å². The molecule has 18 heavy (non-hydrogen) atoms. The molecule has 0 saturated heterocycles. The van der Waals surface area contributed by atoms with E-state index in [1.165, 1.54) is 24.2 Å². The first-order chi connectivity index (χ1) is 8.54. The molecule has 1 heterocycles. The molecule has 100 valence electrons. The van der Waals surface area contributed by atoms with E-state index in [1.807, 2.05) is 0 Å². The molecule has 1 aromatic rings. The fraction of sp³-hybridized carbons (Fsp3) is 0.500. The minimum atomic E-state index is -1.15. The molecule has 0 aliphatic heterocycles. The molecule has 1 atom stereocenters. The monoisotopic (exact) mass is 256 g/mol. The van der Waals surface area contributed by atoms with Gasteiger partial charge in [-0.25, -0.2) is 9.59 Å². The number of nitrogens with one attached hydrogen (secondary N) is 2. The van der Waals surface area contributed by atoms with Gasteiger partial charge in [0.2, 0.25) is 0 Å². The lowest BCUT2D eigenvalue weighted by Crippen LogP contribution is -2.41. The number of aryl methyl sites for hydroxylation is 1. The molecule has 2 amide bonds. The number of carboxylic acids is 1. The van der Waals surface area contributed by atoms with E-state index in [9.17, 15) is 9.59 Å². The van der Waals surface area contributed by atoms with Crippen LogP contribution in [0.2, 0.25) is 0 Å². The Morgan fingerprint density at radius 1 is 1.61 bits per heavy atom. The summed E-state index contributed by atoms with van der Waals surface area (Å²) in [6.07, 6.45) is 2.93. The van der Waals surface area contributed by atoms with Crippen molar-refractivity contribution in [3.8, 4) is 0 Å². The molecule has 0 bridgehead atoms. The van der Waals surface area contributed by atoms with E-state index in [1.54, 1.807) is 7.05 Å². The maximum Gasteiger partial charge on any atom is 0.331 e. The van der Waals surface area contributed by atoms with Crippen molar-refractivity contribution in [2.45, 2.75) is 6.04 Å². The van der Waals surface area contributed by atoms with Crippen molar-refractivity contribution in [1.82, 2.24) is 20.4 Å². The van der Waals surface area contributed by atoms with Crippen LogP contribution in [0.1, 0.15) is 11.6 Å². The zero-order chi connectivity index (χ0) is 13.5. The number of rotatable bonds is 6. The molecular weight excluding hydrogens is 240 g/mol. The Morgan fingerprint density at radius 2 is 2.33 bits per heavy atom.